The van der Waals surface area contributed by atoms with Crippen LogP contribution in [0.3, 0.4) is 0 Å². The SMILES string of the molecule is O=CN1CCN(C(=O)c2cccc(S(=O)(=O)N3CCCC3)c2)CC1. The average molecular weight is 351 g/mol. The molecule has 0 aliphatic carbocycles. The van der Waals surface area contributed by atoms with E-state index in [2.05, 4.69) is 0 Å². The van der Waals surface area contributed by atoms with Crippen LogP contribution in [0.15, 0.2) is 29.2 Å². The summed E-state index contributed by atoms with van der Waals surface area (Å²) in [5.74, 6) is -0.195. The molecular weight excluding hydrogens is 330 g/mol. The highest BCUT2D eigenvalue weighted by Gasteiger charge is 2.28. The van der Waals surface area contributed by atoms with Crippen molar-refractivity contribution >= 4 is 22.3 Å². The number of hydrogen-bond donors (Lipinski definition) is 0. The molecule has 2 saturated heterocycles. The zero-order chi connectivity index (χ0) is 17.2. The third-order valence-corrected chi connectivity index (χ3v) is 6.43. The maximum atomic E-state index is 12.6. The number of carbonyl (C=O) groups excluding carboxylic acids is 2. The van der Waals surface area contributed by atoms with Crippen molar-refractivity contribution in [3.8, 4) is 0 Å². The van der Waals surface area contributed by atoms with Gasteiger partial charge in [0.25, 0.3) is 5.91 Å². The van der Waals surface area contributed by atoms with Crippen LogP contribution < -0.4 is 0 Å². The van der Waals surface area contributed by atoms with Gasteiger partial charge in [-0.1, -0.05) is 6.07 Å². The minimum Gasteiger partial charge on any atom is -0.342 e. The quantitative estimate of drug-likeness (QED) is 0.735. The van der Waals surface area contributed by atoms with Crippen molar-refractivity contribution in [2.75, 3.05) is 39.3 Å². The molecule has 2 aliphatic heterocycles. The summed E-state index contributed by atoms with van der Waals surface area (Å²) >= 11 is 0. The molecule has 0 saturated carbocycles. The molecule has 0 N–H and O–H groups in total. The van der Waals surface area contributed by atoms with Gasteiger partial charge in [0, 0.05) is 44.8 Å². The van der Waals surface area contributed by atoms with Crippen molar-refractivity contribution < 1.29 is 18.0 Å². The van der Waals surface area contributed by atoms with Gasteiger partial charge in [-0.15, -0.1) is 0 Å². The predicted octanol–water partition coefficient (Wildman–Crippen LogP) is 0.385. The zero-order valence-electron chi connectivity index (χ0n) is 13.4. The van der Waals surface area contributed by atoms with E-state index in [0.29, 0.717) is 44.8 Å². The number of sulfonamides is 1. The Hall–Kier alpha value is -1.93. The summed E-state index contributed by atoms with van der Waals surface area (Å²) in [4.78, 5) is 26.8. The highest BCUT2D eigenvalue weighted by Crippen LogP contribution is 2.22. The molecule has 0 atom stereocenters. The van der Waals surface area contributed by atoms with E-state index in [1.54, 1.807) is 21.9 Å². The van der Waals surface area contributed by atoms with Gasteiger partial charge in [-0.25, -0.2) is 8.42 Å². The van der Waals surface area contributed by atoms with E-state index < -0.39 is 10.0 Å². The van der Waals surface area contributed by atoms with Crippen LogP contribution in [-0.4, -0.2) is 74.1 Å². The van der Waals surface area contributed by atoms with Gasteiger partial charge in [0.1, 0.15) is 0 Å². The lowest BCUT2D eigenvalue weighted by Crippen LogP contribution is -2.48. The van der Waals surface area contributed by atoms with Gasteiger partial charge in [0.15, 0.2) is 0 Å². The Morgan fingerprint density at radius 1 is 1.00 bits per heavy atom. The van der Waals surface area contributed by atoms with Gasteiger partial charge in [-0.3, -0.25) is 9.59 Å². The molecule has 2 amide bonds. The monoisotopic (exact) mass is 351 g/mol. The van der Waals surface area contributed by atoms with Crippen molar-refractivity contribution in [2.24, 2.45) is 0 Å². The van der Waals surface area contributed by atoms with E-state index in [9.17, 15) is 18.0 Å². The van der Waals surface area contributed by atoms with E-state index in [-0.39, 0.29) is 10.8 Å². The van der Waals surface area contributed by atoms with E-state index >= 15 is 0 Å². The van der Waals surface area contributed by atoms with Crippen LogP contribution in [0.25, 0.3) is 0 Å². The Labute approximate surface area is 141 Å². The molecule has 0 spiro atoms. The van der Waals surface area contributed by atoms with Crippen LogP contribution in [0.4, 0.5) is 0 Å². The number of carbonyl (C=O) groups is 2. The normalized spacial score (nSPS) is 19.5. The Kier molecular flexibility index (Phi) is 4.86. The van der Waals surface area contributed by atoms with Gasteiger partial charge in [0.2, 0.25) is 16.4 Å². The summed E-state index contributed by atoms with van der Waals surface area (Å²) in [7, 11) is -3.53. The Bertz CT molecular complexity index is 721. The van der Waals surface area contributed by atoms with Crippen molar-refractivity contribution in [1.29, 1.82) is 0 Å². The second-order valence-electron chi connectivity index (χ2n) is 6.07. The van der Waals surface area contributed by atoms with Crippen molar-refractivity contribution in [3.05, 3.63) is 29.8 Å². The minimum absolute atomic E-state index is 0.168. The van der Waals surface area contributed by atoms with Gasteiger partial charge < -0.3 is 9.80 Å². The van der Waals surface area contributed by atoms with Crippen LogP contribution in [0.1, 0.15) is 23.2 Å². The maximum absolute atomic E-state index is 12.6. The molecule has 0 unspecified atom stereocenters. The molecule has 7 nitrogen and oxygen atoms in total. The number of benzene rings is 1. The van der Waals surface area contributed by atoms with Gasteiger partial charge in [-0.05, 0) is 31.0 Å². The molecule has 130 valence electrons. The van der Waals surface area contributed by atoms with Crippen LogP contribution >= 0.6 is 0 Å². The Balaban J connectivity index is 1.78. The van der Waals surface area contributed by atoms with Crippen LogP contribution in [0.2, 0.25) is 0 Å². The average Bonchev–Trinajstić information content (AvgIpc) is 3.17. The lowest BCUT2D eigenvalue weighted by molar-refractivity contribution is -0.119. The number of piperazine rings is 1. The Morgan fingerprint density at radius 3 is 2.29 bits per heavy atom. The molecule has 24 heavy (non-hydrogen) atoms. The molecule has 3 rings (SSSR count). The van der Waals surface area contributed by atoms with E-state index in [1.165, 1.54) is 16.4 Å². The number of rotatable bonds is 4. The molecule has 2 heterocycles. The summed E-state index contributed by atoms with van der Waals surface area (Å²) in [6, 6.07) is 6.24. The zero-order valence-corrected chi connectivity index (χ0v) is 14.2. The van der Waals surface area contributed by atoms with Gasteiger partial charge in [0.05, 0.1) is 4.90 Å². The number of amides is 2. The number of hydrogen-bond acceptors (Lipinski definition) is 4. The topological polar surface area (TPSA) is 78.0 Å². The molecule has 0 bridgehead atoms. The standard InChI is InChI=1S/C16H21N3O4S/c20-13-17-8-10-18(11-9-17)16(21)14-4-3-5-15(12-14)24(22,23)19-6-1-2-7-19/h3-5,12-13H,1-2,6-11H2. The fourth-order valence-electron chi connectivity index (χ4n) is 3.08. The molecule has 8 heteroatoms. The summed E-state index contributed by atoms with van der Waals surface area (Å²) in [6.07, 6.45) is 2.53. The highest BCUT2D eigenvalue weighted by atomic mass is 32.2. The van der Waals surface area contributed by atoms with Crippen LogP contribution in [0, 0.1) is 0 Å². The van der Waals surface area contributed by atoms with Crippen molar-refractivity contribution in [3.63, 3.8) is 0 Å². The van der Waals surface area contributed by atoms with E-state index in [4.69, 9.17) is 0 Å². The highest BCUT2D eigenvalue weighted by molar-refractivity contribution is 7.89. The second kappa shape index (κ2) is 6.90. The fraction of sp³-hybridized carbons (Fsp3) is 0.500. The lowest BCUT2D eigenvalue weighted by atomic mass is 10.2. The molecule has 0 radical (unpaired) electrons. The molecular formula is C16H21N3O4S. The van der Waals surface area contributed by atoms with Gasteiger partial charge >= 0.3 is 0 Å². The van der Waals surface area contributed by atoms with Crippen LogP contribution in [-0.2, 0) is 14.8 Å². The summed E-state index contributed by atoms with van der Waals surface area (Å²) in [5, 5.41) is 0. The fourth-order valence-corrected chi connectivity index (χ4v) is 4.64. The maximum Gasteiger partial charge on any atom is 0.254 e. The van der Waals surface area contributed by atoms with E-state index in [1.807, 2.05) is 0 Å². The summed E-state index contributed by atoms with van der Waals surface area (Å²) in [6.45, 7) is 2.99. The smallest absolute Gasteiger partial charge is 0.254 e. The van der Waals surface area contributed by atoms with E-state index in [0.717, 1.165) is 19.3 Å². The minimum atomic E-state index is -3.53. The second-order valence-corrected chi connectivity index (χ2v) is 8.01. The first-order valence-corrected chi connectivity index (χ1v) is 9.55. The van der Waals surface area contributed by atoms with Crippen molar-refractivity contribution in [2.45, 2.75) is 17.7 Å². The third-order valence-electron chi connectivity index (χ3n) is 4.53. The first-order chi connectivity index (χ1) is 11.5. The summed E-state index contributed by atoms with van der Waals surface area (Å²) < 4.78 is 26.7. The van der Waals surface area contributed by atoms with Crippen molar-refractivity contribution in [1.82, 2.24) is 14.1 Å². The molecule has 1 aromatic rings. The Morgan fingerprint density at radius 2 is 1.67 bits per heavy atom. The number of nitrogens with zero attached hydrogens (tertiary/aromatic N) is 3. The lowest BCUT2D eigenvalue weighted by Gasteiger charge is -2.32. The van der Waals surface area contributed by atoms with Crippen LogP contribution in [0.5, 0.6) is 0 Å². The van der Waals surface area contributed by atoms with Gasteiger partial charge in [-0.2, -0.15) is 4.31 Å². The third kappa shape index (κ3) is 3.29. The molecule has 2 fully saturated rings. The molecule has 1 aromatic carbocycles. The molecule has 0 aromatic heterocycles. The molecule has 2 aliphatic rings. The first kappa shape index (κ1) is 16.9. The largest absolute Gasteiger partial charge is 0.342 e. The summed E-state index contributed by atoms with van der Waals surface area (Å²) in [5.41, 5.74) is 0.370. The predicted molar refractivity (Wildman–Crippen MR) is 88.0 cm³/mol. The first-order valence-electron chi connectivity index (χ1n) is 8.11.